The fraction of sp³-hybridized carbons (Fsp3) is 0.857. The van der Waals surface area contributed by atoms with Gasteiger partial charge in [0.1, 0.15) is 6.04 Å². The Morgan fingerprint density at radius 1 is 1.82 bits per heavy atom. The van der Waals surface area contributed by atoms with Gasteiger partial charge in [-0.15, -0.1) is 0 Å². The van der Waals surface area contributed by atoms with Gasteiger partial charge >= 0.3 is 5.97 Å². The summed E-state index contributed by atoms with van der Waals surface area (Å²) in [5.74, 6) is -1.04. The summed E-state index contributed by atoms with van der Waals surface area (Å²) in [4.78, 5) is 10.3. The quantitative estimate of drug-likeness (QED) is 0.474. The zero-order valence-electron chi connectivity index (χ0n) is 7.42. The summed E-state index contributed by atoms with van der Waals surface area (Å²) in [7, 11) is 0. The van der Waals surface area contributed by atoms with Gasteiger partial charge in [-0.05, 0) is 13.0 Å². The van der Waals surface area contributed by atoms with Crippen molar-refractivity contribution in [3.05, 3.63) is 0 Å². The summed E-state index contributed by atoms with van der Waals surface area (Å²) in [5, 5.41) is 19.7. The summed E-state index contributed by atoms with van der Waals surface area (Å²) in [6.45, 7) is 0.505. The molecule has 11 heavy (non-hydrogen) atoms. The highest BCUT2D eigenvalue weighted by atomic mass is 16.4. The zero-order valence-corrected chi connectivity index (χ0v) is 6.42. The van der Waals surface area contributed by atoms with Crippen molar-refractivity contribution in [2.45, 2.75) is 25.8 Å². The van der Waals surface area contributed by atoms with Crippen LogP contribution in [0.2, 0.25) is 0 Å². The molecule has 1 atom stereocenters. The fourth-order valence-corrected chi connectivity index (χ4v) is 0.631. The molecule has 4 nitrogen and oxygen atoms in total. The maximum atomic E-state index is 10.3. The van der Waals surface area contributed by atoms with Gasteiger partial charge in [0.2, 0.25) is 0 Å². The van der Waals surface area contributed by atoms with E-state index < -0.39 is 18.6 Å². The summed E-state index contributed by atoms with van der Waals surface area (Å²) < 4.78 is 6.82. The van der Waals surface area contributed by atoms with E-state index in [1.54, 1.807) is 0 Å². The molecule has 0 radical (unpaired) electrons. The molecule has 0 amide bonds. The van der Waals surface area contributed by atoms with Gasteiger partial charge in [0, 0.05) is 1.37 Å². The van der Waals surface area contributed by atoms with E-state index in [4.69, 9.17) is 11.6 Å². The first kappa shape index (κ1) is 8.49. The van der Waals surface area contributed by atoms with E-state index in [0.717, 1.165) is 12.8 Å². The van der Waals surface area contributed by atoms with Gasteiger partial charge in [0.25, 0.3) is 0 Å². The van der Waals surface area contributed by atoms with Gasteiger partial charge in [-0.1, -0.05) is 13.3 Å². The minimum atomic E-state index is -1.04. The van der Waals surface area contributed by atoms with Gasteiger partial charge in [0.05, 0.1) is 6.61 Å². The van der Waals surface area contributed by atoms with Crippen LogP contribution in [0.5, 0.6) is 0 Å². The normalized spacial score (nSPS) is 14.1. The van der Waals surface area contributed by atoms with Crippen molar-refractivity contribution in [2.24, 2.45) is 0 Å². The highest BCUT2D eigenvalue weighted by Crippen LogP contribution is 1.86. The number of aliphatic carboxylic acids is 1. The molecule has 0 saturated heterocycles. The molecular weight excluding hydrogens is 146 g/mol. The van der Waals surface area contributed by atoms with Crippen LogP contribution in [0.4, 0.5) is 0 Å². The van der Waals surface area contributed by atoms with E-state index in [1.165, 1.54) is 0 Å². The average molecular weight is 162 g/mol. The molecule has 0 aliphatic heterocycles. The molecule has 0 heterocycles. The molecule has 0 aromatic carbocycles. The first-order valence-electron chi connectivity index (χ1n) is 4.29. The standard InChI is InChI=1S/C7H15NO3/c1-2-3-4-8-6(5-9)7(10)11/h6,8-9H,2-5H2,1H3,(H,10,11)/t6-/m0/s1/i1D. The Morgan fingerprint density at radius 2 is 2.55 bits per heavy atom. The predicted octanol–water partition coefficient (Wildman–Crippen LogP) is -0.178. The van der Waals surface area contributed by atoms with Crippen molar-refractivity contribution in [1.29, 1.82) is 0 Å². The third kappa shape index (κ3) is 4.75. The summed E-state index contributed by atoms with van der Waals surface area (Å²) >= 11 is 0. The SMILES string of the molecule is [2H]CCCCN[C@@H](CO)C(=O)O. The summed E-state index contributed by atoms with van der Waals surface area (Å²) in [5.41, 5.74) is 0. The lowest BCUT2D eigenvalue weighted by atomic mass is 10.3. The Hall–Kier alpha value is -0.610. The van der Waals surface area contributed by atoms with E-state index in [1.807, 2.05) is 0 Å². The molecule has 3 N–H and O–H groups in total. The van der Waals surface area contributed by atoms with Crippen LogP contribution >= 0.6 is 0 Å². The predicted molar refractivity (Wildman–Crippen MR) is 41.4 cm³/mol. The maximum Gasteiger partial charge on any atom is 0.323 e. The fourth-order valence-electron chi connectivity index (χ4n) is 0.631. The smallest absolute Gasteiger partial charge is 0.323 e. The summed E-state index contributed by atoms with van der Waals surface area (Å²) in [6, 6.07) is -0.865. The Balaban J connectivity index is 3.38. The Labute approximate surface area is 67.6 Å². The van der Waals surface area contributed by atoms with Crippen LogP contribution in [-0.2, 0) is 4.79 Å². The van der Waals surface area contributed by atoms with E-state index in [9.17, 15) is 4.79 Å². The molecule has 0 aliphatic rings. The molecule has 0 bridgehead atoms. The second kappa shape index (κ2) is 6.12. The lowest BCUT2D eigenvalue weighted by molar-refractivity contribution is -0.140. The van der Waals surface area contributed by atoms with E-state index in [2.05, 4.69) is 5.32 Å². The number of hydrogen-bond donors (Lipinski definition) is 3. The van der Waals surface area contributed by atoms with Crippen LogP contribution in [0.3, 0.4) is 0 Å². The lowest BCUT2D eigenvalue weighted by Crippen LogP contribution is -2.40. The molecule has 0 spiro atoms. The number of nitrogens with one attached hydrogen (secondary N) is 1. The van der Waals surface area contributed by atoms with Crippen molar-refractivity contribution in [3.8, 4) is 0 Å². The van der Waals surface area contributed by atoms with Crippen molar-refractivity contribution >= 4 is 5.97 Å². The van der Waals surface area contributed by atoms with Crippen LogP contribution in [0.1, 0.15) is 21.1 Å². The maximum absolute atomic E-state index is 10.3. The molecule has 0 fully saturated rings. The summed E-state index contributed by atoms with van der Waals surface area (Å²) in [6.07, 6.45) is 1.53. The molecular formula is C7H15NO3. The Kier molecular flexibility index (Phi) is 4.72. The molecule has 0 saturated carbocycles. The molecule has 0 aromatic heterocycles. The lowest BCUT2D eigenvalue weighted by Gasteiger charge is -2.09. The molecule has 0 rings (SSSR count). The van der Waals surface area contributed by atoms with Crippen LogP contribution in [-0.4, -0.2) is 35.4 Å². The first-order chi connectivity index (χ1) is 5.72. The van der Waals surface area contributed by atoms with E-state index >= 15 is 0 Å². The zero-order chi connectivity index (χ0) is 9.40. The molecule has 66 valence electrons. The minimum Gasteiger partial charge on any atom is -0.480 e. The van der Waals surface area contributed by atoms with Gasteiger partial charge in [-0.3, -0.25) is 4.79 Å². The highest BCUT2D eigenvalue weighted by Gasteiger charge is 2.13. The second-order valence-corrected chi connectivity index (χ2v) is 2.23. The van der Waals surface area contributed by atoms with Gasteiger partial charge in [0.15, 0.2) is 0 Å². The van der Waals surface area contributed by atoms with Gasteiger partial charge < -0.3 is 15.5 Å². The molecule has 0 aliphatic carbocycles. The van der Waals surface area contributed by atoms with Crippen molar-refractivity contribution in [3.63, 3.8) is 0 Å². The van der Waals surface area contributed by atoms with Crippen LogP contribution in [0, 0.1) is 0 Å². The van der Waals surface area contributed by atoms with Crippen LogP contribution in [0.15, 0.2) is 0 Å². The number of carbonyl (C=O) groups is 1. The van der Waals surface area contributed by atoms with Crippen molar-refractivity contribution < 1.29 is 16.4 Å². The van der Waals surface area contributed by atoms with Crippen molar-refractivity contribution in [1.82, 2.24) is 5.32 Å². The number of carboxylic acid groups (broad SMARTS) is 1. The van der Waals surface area contributed by atoms with Crippen LogP contribution < -0.4 is 5.32 Å². The number of rotatable bonds is 6. The van der Waals surface area contributed by atoms with Gasteiger partial charge in [-0.2, -0.15) is 0 Å². The van der Waals surface area contributed by atoms with Crippen molar-refractivity contribution in [2.75, 3.05) is 13.2 Å². The largest absolute Gasteiger partial charge is 0.480 e. The minimum absolute atomic E-state index is 0.360. The third-order valence-corrected chi connectivity index (χ3v) is 1.30. The van der Waals surface area contributed by atoms with E-state index in [0.29, 0.717) is 13.4 Å². The number of aliphatic hydroxyl groups excluding tert-OH is 1. The molecule has 0 unspecified atom stereocenters. The Morgan fingerprint density at radius 3 is 3.00 bits per heavy atom. The number of carboxylic acids is 1. The van der Waals surface area contributed by atoms with E-state index in [-0.39, 0.29) is 0 Å². The second-order valence-electron chi connectivity index (χ2n) is 2.23. The molecule has 0 aromatic rings. The number of hydrogen-bond acceptors (Lipinski definition) is 3. The number of aliphatic hydroxyl groups is 1. The first-order valence-corrected chi connectivity index (χ1v) is 3.58. The molecule has 4 heteroatoms. The third-order valence-electron chi connectivity index (χ3n) is 1.30. The number of unbranched alkanes of at least 4 members (excludes halogenated alkanes) is 1. The average Bonchev–Trinajstić information content (AvgIpc) is 2.04. The van der Waals surface area contributed by atoms with Gasteiger partial charge in [-0.25, -0.2) is 0 Å². The monoisotopic (exact) mass is 162 g/mol. The highest BCUT2D eigenvalue weighted by molar-refractivity contribution is 5.73. The topological polar surface area (TPSA) is 69.6 Å². The van der Waals surface area contributed by atoms with Crippen LogP contribution in [0.25, 0.3) is 0 Å². The Bertz CT molecular complexity index is 132.